The SMILES string of the molecule is N#Cc1ccc(-c2cc(C(=O)Cl)nn2-c2ccc(F)cc2)cc1. The second-order valence-electron chi connectivity index (χ2n) is 4.77. The standard InChI is InChI=1S/C17H9ClFN3O/c18-17(23)15-9-16(12-3-1-11(10-20)2-4-12)22(21-15)14-7-5-13(19)6-8-14/h1-9H. The Bertz CT molecular complexity index is 909. The van der Waals surface area contributed by atoms with Crippen molar-refractivity contribution >= 4 is 16.8 Å². The summed E-state index contributed by atoms with van der Waals surface area (Å²) in [7, 11) is 0. The van der Waals surface area contributed by atoms with E-state index in [1.807, 2.05) is 6.07 Å². The molecule has 23 heavy (non-hydrogen) atoms. The number of nitrogens with zero attached hydrogens (tertiary/aromatic N) is 3. The van der Waals surface area contributed by atoms with Gasteiger partial charge in [0, 0.05) is 5.56 Å². The van der Waals surface area contributed by atoms with Crippen LogP contribution in [0.5, 0.6) is 0 Å². The molecule has 0 spiro atoms. The van der Waals surface area contributed by atoms with Gasteiger partial charge < -0.3 is 0 Å². The number of hydrogen-bond donors (Lipinski definition) is 0. The minimum Gasteiger partial charge on any atom is -0.274 e. The number of nitriles is 1. The third-order valence-corrected chi connectivity index (χ3v) is 3.49. The molecule has 112 valence electrons. The van der Waals surface area contributed by atoms with E-state index in [0.29, 0.717) is 16.9 Å². The summed E-state index contributed by atoms with van der Waals surface area (Å²) in [4.78, 5) is 11.4. The van der Waals surface area contributed by atoms with Crippen molar-refractivity contribution in [2.24, 2.45) is 0 Å². The Labute approximate surface area is 136 Å². The van der Waals surface area contributed by atoms with E-state index >= 15 is 0 Å². The molecule has 2 aromatic carbocycles. The molecule has 3 rings (SSSR count). The fraction of sp³-hybridized carbons (Fsp3) is 0. The number of benzene rings is 2. The van der Waals surface area contributed by atoms with Crippen LogP contribution in [0.25, 0.3) is 16.9 Å². The van der Waals surface area contributed by atoms with Crippen LogP contribution in [-0.4, -0.2) is 15.0 Å². The number of carbonyl (C=O) groups is 1. The van der Waals surface area contributed by atoms with E-state index in [1.165, 1.54) is 16.8 Å². The van der Waals surface area contributed by atoms with Crippen LogP contribution >= 0.6 is 11.6 Å². The summed E-state index contributed by atoms with van der Waals surface area (Å²) in [5.74, 6) is -0.366. The van der Waals surface area contributed by atoms with Crippen molar-refractivity contribution in [3.63, 3.8) is 0 Å². The molecule has 0 N–H and O–H groups in total. The number of aromatic nitrogens is 2. The van der Waals surface area contributed by atoms with Gasteiger partial charge in [0.15, 0.2) is 0 Å². The molecule has 0 aliphatic carbocycles. The first-order valence-electron chi connectivity index (χ1n) is 6.65. The van der Waals surface area contributed by atoms with Gasteiger partial charge in [-0.2, -0.15) is 10.4 Å². The number of halogens is 2. The Morgan fingerprint density at radius 1 is 1.13 bits per heavy atom. The lowest BCUT2D eigenvalue weighted by Gasteiger charge is -2.07. The van der Waals surface area contributed by atoms with E-state index in [0.717, 1.165) is 5.56 Å². The predicted molar refractivity (Wildman–Crippen MR) is 83.9 cm³/mol. The molecule has 4 nitrogen and oxygen atoms in total. The molecule has 3 aromatic rings. The monoisotopic (exact) mass is 325 g/mol. The quantitative estimate of drug-likeness (QED) is 0.685. The third kappa shape index (κ3) is 2.98. The maximum Gasteiger partial charge on any atom is 0.272 e. The molecule has 0 radical (unpaired) electrons. The maximum atomic E-state index is 13.1. The highest BCUT2D eigenvalue weighted by atomic mass is 35.5. The summed E-state index contributed by atoms with van der Waals surface area (Å²) in [6.45, 7) is 0. The molecule has 0 atom stereocenters. The first kappa shape index (κ1) is 14.9. The molecule has 0 saturated carbocycles. The highest BCUT2D eigenvalue weighted by molar-refractivity contribution is 6.67. The normalized spacial score (nSPS) is 10.3. The zero-order chi connectivity index (χ0) is 16.4. The topological polar surface area (TPSA) is 58.7 Å². The van der Waals surface area contributed by atoms with Gasteiger partial charge in [0.05, 0.1) is 23.0 Å². The van der Waals surface area contributed by atoms with Crippen LogP contribution in [-0.2, 0) is 0 Å². The molecule has 0 unspecified atom stereocenters. The van der Waals surface area contributed by atoms with Gasteiger partial charge >= 0.3 is 0 Å². The second kappa shape index (κ2) is 6.03. The minimum atomic E-state index is -0.680. The highest BCUT2D eigenvalue weighted by Crippen LogP contribution is 2.25. The van der Waals surface area contributed by atoms with Crippen LogP contribution in [0.15, 0.2) is 54.6 Å². The average molecular weight is 326 g/mol. The Kier molecular flexibility index (Phi) is 3.92. The largest absolute Gasteiger partial charge is 0.274 e. The summed E-state index contributed by atoms with van der Waals surface area (Å²) in [5.41, 5.74) is 2.58. The van der Waals surface area contributed by atoms with Crippen LogP contribution < -0.4 is 0 Å². The molecule has 0 aliphatic heterocycles. The second-order valence-corrected chi connectivity index (χ2v) is 5.11. The molecule has 6 heteroatoms. The Balaban J connectivity index is 2.16. The lowest BCUT2D eigenvalue weighted by Crippen LogP contribution is -2.00. The van der Waals surface area contributed by atoms with Crippen molar-refractivity contribution in [2.45, 2.75) is 0 Å². The first-order valence-corrected chi connectivity index (χ1v) is 7.02. The van der Waals surface area contributed by atoms with E-state index in [-0.39, 0.29) is 11.5 Å². The van der Waals surface area contributed by atoms with Crippen molar-refractivity contribution in [1.82, 2.24) is 9.78 Å². The molecule has 0 bridgehead atoms. The van der Waals surface area contributed by atoms with Crippen molar-refractivity contribution < 1.29 is 9.18 Å². The zero-order valence-electron chi connectivity index (χ0n) is 11.7. The van der Waals surface area contributed by atoms with Crippen molar-refractivity contribution in [3.05, 3.63) is 71.7 Å². The Hall–Kier alpha value is -2.97. The van der Waals surface area contributed by atoms with Gasteiger partial charge in [-0.3, -0.25) is 4.79 Å². The average Bonchev–Trinajstić information content (AvgIpc) is 3.01. The summed E-state index contributed by atoms with van der Waals surface area (Å²) >= 11 is 5.52. The highest BCUT2D eigenvalue weighted by Gasteiger charge is 2.15. The molecular formula is C17H9ClFN3O. The van der Waals surface area contributed by atoms with Gasteiger partial charge in [-0.1, -0.05) is 12.1 Å². The van der Waals surface area contributed by atoms with Gasteiger partial charge in [0.2, 0.25) is 0 Å². The van der Waals surface area contributed by atoms with Crippen LogP contribution in [0.1, 0.15) is 16.1 Å². The molecule has 0 fully saturated rings. The summed E-state index contributed by atoms with van der Waals surface area (Å²) in [6.07, 6.45) is 0. The molecule has 0 amide bonds. The fourth-order valence-corrected chi connectivity index (χ4v) is 2.27. The number of carbonyl (C=O) groups excluding carboxylic acids is 1. The summed E-state index contributed by atoms with van der Waals surface area (Å²) < 4.78 is 14.6. The van der Waals surface area contributed by atoms with Crippen molar-refractivity contribution in [2.75, 3.05) is 0 Å². The van der Waals surface area contributed by atoms with E-state index in [1.54, 1.807) is 42.5 Å². The van der Waals surface area contributed by atoms with Crippen LogP contribution in [0.4, 0.5) is 4.39 Å². The van der Waals surface area contributed by atoms with E-state index in [4.69, 9.17) is 16.9 Å². The van der Waals surface area contributed by atoms with Crippen LogP contribution in [0.3, 0.4) is 0 Å². The molecular weight excluding hydrogens is 317 g/mol. The minimum absolute atomic E-state index is 0.0929. The first-order chi connectivity index (χ1) is 11.1. The molecule has 0 aliphatic rings. The molecule has 1 heterocycles. The fourth-order valence-electron chi connectivity index (χ4n) is 2.18. The van der Waals surface area contributed by atoms with E-state index in [2.05, 4.69) is 5.10 Å². The van der Waals surface area contributed by atoms with Gasteiger partial charge in [-0.05, 0) is 54.1 Å². The van der Waals surface area contributed by atoms with Crippen LogP contribution in [0.2, 0.25) is 0 Å². The Morgan fingerprint density at radius 3 is 2.35 bits per heavy atom. The van der Waals surface area contributed by atoms with Gasteiger partial charge in [-0.15, -0.1) is 0 Å². The molecule has 0 saturated heterocycles. The van der Waals surface area contributed by atoms with Crippen molar-refractivity contribution in [3.8, 4) is 23.0 Å². The molecule has 1 aromatic heterocycles. The zero-order valence-corrected chi connectivity index (χ0v) is 12.5. The van der Waals surface area contributed by atoms with E-state index < -0.39 is 5.24 Å². The van der Waals surface area contributed by atoms with Gasteiger partial charge in [0.25, 0.3) is 5.24 Å². The third-order valence-electron chi connectivity index (χ3n) is 3.29. The van der Waals surface area contributed by atoms with Gasteiger partial charge in [0.1, 0.15) is 11.5 Å². The van der Waals surface area contributed by atoms with Gasteiger partial charge in [-0.25, -0.2) is 9.07 Å². The maximum absolute atomic E-state index is 13.1. The summed E-state index contributed by atoms with van der Waals surface area (Å²) in [5, 5.41) is 12.4. The predicted octanol–water partition coefficient (Wildman–Crippen LogP) is 3.93. The van der Waals surface area contributed by atoms with E-state index in [9.17, 15) is 9.18 Å². The lowest BCUT2D eigenvalue weighted by molar-refractivity contribution is 0.107. The number of rotatable bonds is 3. The Morgan fingerprint density at radius 2 is 1.78 bits per heavy atom. The number of hydrogen-bond acceptors (Lipinski definition) is 3. The summed E-state index contributed by atoms with van der Waals surface area (Å²) in [6, 6.07) is 16.1. The lowest BCUT2D eigenvalue weighted by atomic mass is 10.1. The van der Waals surface area contributed by atoms with Crippen molar-refractivity contribution in [1.29, 1.82) is 5.26 Å². The smallest absolute Gasteiger partial charge is 0.272 e. The van der Waals surface area contributed by atoms with Crippen LogP contribution in [0, 0.1) is 17.1 Å².